The van der Waals surface area contributed by atoms with E-state index in [2.05, 4.69) is 15.3 Å². The van der Waals surface area contributed by atoms with Crippen molar-refractivity contribution in [3.8, 4) is 11.6 Å². The number of alkyl halides is 3. The molecule has 0 aliphatic heterocycles. The number of thioether (sulfide) groups is 1. The minimum Gasteiger partial charge on any atom is -0.437 e. The van der Waals surface area contributed by atoms with Crippen LogP contribution < -0.4 is 10.1 Å². The summed E-state index contributed by atoms with van der Waals surface area (Å²) in [7, 11) is 0. The number of hydrogen-bond acceptors (Lipinski definition) is 5. The monoisotopic (exact) mass is 433 g/mol. The molecule has 0 unspecified atom stereocenters. The van der Waals surface area contributed by atoms with E-state index >= 15 is 0 Å². The van der Waals surface area contributed by atoms with Gasteiger partial charge in [-0.05, 0) is 36.8 Å². The van der Waals surface area contributed by atoms with E-state index in [9.17, 15) is 18.0 Å². The van der Waals surface area contributed by atoms with Gasteiger partial charge in [0.2, 0.25) is 5.91 Å². The molecule has 0 saturated carbocycles. The second-order valence-electron chi connectivity index (χ2n) is 6.35. The van der Waals surface area contributed by atoms with Gasteiger partial charge in [-0.15, -0.1) is 0 Å². The maximum atomic E-state index is 12.8. The molecule has 0 saturated heterocycles. The van der Waals surface area contributed by atoms with Gasteiger partial charge >= 0.3 is 6.18 Å². The van der Waals surface area contributed by atoms with E-state index in [1.54, 1.807) is 12.1 Å². The Morgan fingerprint density at radius 3 is 2.57 bits per heavy atom. The predicted octanol–water partition coefficient (Wildman–Crippen LogP) is 5.00. The summed E-state index contributed by atoms with van der Waals surface area (Å²) < 4.78 is 44.1. The number of rotatable bonds is 7. The van der Waals surface area contributed by atoms with Gasteiger partial charge in [-0.2, -0.15) is 13.2 Å². The second-order valence-corrected chi connectivity index (χ2v) is 7.31. The summed E-state index contributed by atoms with van der Waals surface area (Å²) in [5, 5.41) is 3.04. The number of benzene rings is 2. The van der Waals surface area contributed by atoms with Crippen molar-refractivity contribution < 1.29 is 22.7 Å². The minimum absolute atomic E-state index is 0.00347. The van der Waals surface area contributed by atoms with Crippen molar-refractivity contribution in [2.24, 2.45) is 0 Å². The molecule has 156 valence electrons. The van der Waals surface area contributed by atoms with Crippen LogP contribution in [-0.2, 0) is 17.5 Å². The van der Waals surface area contributed by atoms with Crippen molar-refractivity contribution in [2.45, 2.75) is 24.7 Å². The molecule has 0 aliphatic rings. The van der Waals surface area contributed by atoms with Gasteiger partial charge in [-0.25, -0.2) is 9.97 Å². The number of halogens is 3. The Morgan fingerprint density at radius 2 is 1.83 bits per heavy atom. The zero-order chi connectivity index (χ0) is 21.6. The molecule has 0 bridgehead atoms. The number of nitrogens with one attached hydrogen (secondary N) is 1. The van der Waals surface area contributed by atoms with Crippen LogP contribution in [0, 0.1) is 6.92 Å². The van der Waals surface area contributed by atoms with E-state index in [0.29, 0.717) is 16.3 Å². The lowest BCUT2D eigenvalue weighted by Crippen LogP contribution is -2.24. The van der Waals surface area contributed by atoms with E-state index in [1.807, 2.05) is 19.1 Å². The highest BCUT2D eigenvalue weighted by atomic mass is 32.2. The molecule has 1 amide bonds. The standard InChI is InChI=1S/C21H18F3N3O2S/c1-14-5-7-17(8-6-14)29-19-20(26-10-9-25-19)30-13-18(28)27-12-15-3-2-4-16(11-15)21(22,23)24/h2-11H,12-13H2,1H3,(H,27,28). The summed E-state index contributed by atoms with van der Waals surface area (Å²) in [4.78, 5) is 20.5. The van der Waals surface area contributed by atoms with Gasteiger partial charge < -0.3 is 10.1 Å². The highest BCUT2D eigenvalue weighted by molar-refractivity contribution is 8.00. The third kappa shape index (κ3) is 6.21. The Balaban J connectivity index is 1.56. The van der Waals surface area contributed by atoms with Crippen LogP contribution in [0.4, 0.5) is 13.2 Å². The van der Waals surface area contributed by atoms with Crippen LogP contribution in [0.25, 0.3) is 0 Å². The van der Waals surface area contributed by atoms with Crippen molar-refractivity contribution in [1.82, 2.24) is 15.3 Å². The molecule has 1 N–H and O–H groups in total. The Kier molecular flexibility index (Phi) is 6.94. The van der Waals surface area contributed by atoms with Crippen LogP contribution in [0.5, 0.6) is 11.6 Å². The maximum Gasteiger partial charge on any atom is 0.416 e. The fourth-order valence-corrected chi connectivity index (χ4v) is 3.17. The largest absolute Gasteiger partial charge is 0.437 e. The van der Waals surface area contributed by atoms with E-state index in [-0.39, 0.29) is 24.1 Å². The van der Waals surface area contributed by atoms with Gasteiger partial charge in [0.25, 0.3) is 5.88 Å². The molecule has 0 radical (unpaired) electrons. The van der Waals surface area contributed by atoms with E-state index in [1.165, 1.54) is 24.5 Å². The zero-order valence-electron chi connectivity index (χ0n) is 15.9. The molecule has 9 heteroatoms. The third-order valence-corrected chi connectivity index (χ3v) is 4.91. The molecule has 2 aromatic carbocycles. The molecule has 30 heavy (non-hydrogen) atoms. The molecule has 0 spiro atoms. The zero-order valence-corrected chi connectivity index (χ0v) is 16.8. The normalized spacial score (nSPS) is 11.2. The molecule has 1 heterocycles. The molecule has 0 aliphatic carbocycles. The average Bonchev–Trinajstić information content (AvgIpc) is 2.73. The van der Waals surface area contributed by atoms with Crippen molar-refractivity contribution >= 4 is 17.7 Å². The third-order valence-electron chi connectivity index (χ3n) is 3.95. The van der Waals surface area contributed by atoms with Crippen LogP contribution in [0.2, 0.25) is 0 Å². The number of nitrogens with zero attached hydrogens (tertiary/aromatic N) is 2. The van der Waals surface area contributed by atoms with E-state index in [0.717, 1.165) is 29.5 Å². The molecule has 1 aromatic heterocycles. The summed E-state index contributed by atoms with van der Waals surface area (Å²) in [5.41, 5.74) is 0.709. The summed E-state index contributed by atoms with van der Waals surface area (Å²) >= 11 is 1.13. The highest BCUT2D eigenvalue weighted by Gasteiger charge is 2.30. The van der Waals surface area contributed by atoms with Crippen LogP contribution in [0.15, 0.2) is 66.0 Å². The van der Waals surface area contributed by atoms with Gasteiger partial charge in [0.1, 0.15) is 5.75 Å². The number of ether oxygens (including phenoxy) is 1. The van der Waals surface area contributed by atoms with Gasteiger partial charge in [-0.1, -0.05) is 41.6 Å². The first-order valence-electron chi connectivity index (χ1n) is 8.92. The fourth-order valence-electron chi connectivity index (χ4n) is 2.44. The number of hydrogen-bond donors (Lipinski definition) is 1. The Morgan fingerprint density at radius 1 is 1.10 bits per heavy atom. The van der Waals surface area contributed by atoms with Crippen LogP contribution in [-0.4, -0.2) is 21.6 Å². The van der Waals surface area contributed by atoms with Gasteiger partial charge in [0, 0.05) is 18.9 Å². The second kappa shape index (κ2) is 9.62. The van der Waals surface area contributed by atoms with Crippen molar-refractivity contribution in [3.63, 3.8) is 0 Å². The first-order valence-corrected chi connectivity index (χ1v) is 9.91. The predicted molar refractivity (Wildman–Crippen MR) is 107 cm³/mol. The topological polar surface area (TPSA) is 64.1 Å². The number of aryl methyl sites for hydroxylation is 1. The Bertz CT molecular complexity index is 1010. The average molecular weight is 433 g/mol. The van der Waals surface area contributed by atoms with Crippen LogP contribution in [0.3, 0.4) is 0 Å². The minimum atomic E-state index is -4.42. The summed E-state index contributed by atoms with van der Waals surface area (Å²) in [6.45, 7) is 1.96. The molecule has 0 atom stereocenters. The SMILES string of the molecule is Cc1ccc(Oc2nccnc2SCC(=O)NCc2cccc(C(F)(F)F)c2)cc1. The van der Waals surface area contributed by atoms with Gasteiger partial charge in [-0.3, -0.25) is 4.79 Å². The summed E-state index contributed by atoms with van der Waals surface area (Å²) in [6, 6.07) is 12.3. The fraction of sp³-hybridized carbons (Fsp3) is 0.190. The van der Waals surface area contributed by atoms with Crippen LogP contribution >= 0.6 is 11.8 Å². The number of carbonyl (C=O) groups excluding carboxylic acids is 1. The van der Waals surface area contributed by atoms with Gasteiger partial charge in [0.15, 0.2) is 5.03 Å². The first kappa shape index (κ1) is 21.6. The lowest BCUT2D eigenvalue weighted by molar-refractivity contribution is -0.137. The van der Waals surface area contributed by atoms with E-state index in [4.69, 9.17) is 4.74 Å². The maximum absolute atomic E-state index is 12.8. The van der Waals surface area contributed by atoms with Crippen LogP contribution in [0.1, 0.15) is 16.7 Å². The summed E-state index contributed by atoms with van der Waals surface area (Å²) in [5.74, 6) is 0.542. The molecule has 0 fully saturated rings. The Labute approximate surface area is 175 Å². The molecule has 3 aromatic rings. The number of carbonyl (C=O) groups is 1. The van der Waals surface area contributed by atoms with Crippen molar-refractivity contribution in [1.29, 1.82) is 0 Å². The molecular formula is C21H18F3N3O2S. The molecule has 3 rings (SSSR count). The van der Waals surface area contributed by atoms with Gasteiger partial charge in [0.05, 0.1) is 11.3 Å². The van der Waals surface area contributed by atoms with Crippen molar-refractivity contribution in [3.05, 3.63) is 77.6 Å². The number of aromatic nitrogens is 2. The lowest BCUT2D eigenvalue weighted by Gasteiger charge is -2.10. The Hall–Kier alpha value is -3.07. The molecular weight excluding hydrogens is 415 g/mol. The smallest absolute Gasteiger partial charge is 0.416 e. The summed E-state index contributed by atoms with van der Waals surface area (Å²) in [6.07, 6.45) is -1.44. The van der Waals surface area contributed by atoms with E-state index < -0.39 is 11.7 Å². The highest BCUT2D eigenvalue weighted by Crippen LogP contribution is 2.30. The van der Waals surface area contributed by atoms with Crippen molar-refractivity contribution in [2.75, 3.05) is 5.75 Å². The first-order chi connectivity index (χ1) is 14.3. The quantitative estimate of drug-likeness (QED) is 0.531. The number of amides is 1. The lowest BCUT2D eigenvalue weighted by atomic mass is 10.1. The molecule has 5 nitrogen and oxygen atoms in total.